The number of carboxylic acid groups (broad SMARTS) is 1. The van der Waals surface area contributed by atoms with Crippen LogP contribution in [0.2, 0.25) is 0 Å². The molecule has 3 aliphatic rings. The molecule has 0 bridgehead atoms. The largest absolute Gasteiger partial charge is 0.490 e. The van der Waals surface area contributed by atoms with Gasteiger partial charge in [-0.3, -0.25) is 14.4 Å². The number of likely N-dealkylation sites (tertiary alicyclic amines) is 1. The van der Waals surface area contributed by atoms with Crippen LogP contribution in [-0.2, 0) is 19.8 Å². The zero-order valence-electron chi connectivity index (χ0n) is 23.2. The van der Waals surface area contributed by atoms with E-state index in [2.05, 4.69) is 11.4 Å². The lowest BCUT2D eigenvalue weighted by atomic mass is 9.73. The maximum Gasteiger partial charge on any atom is 0.490 e. The number of nitrogens with two attached hydrogens (primary N) is 1. The second kappa shape index (κ2) is 12.7. The molecule has 1 heterocycles. The number of benzene rings is 1. The zero-order chi connectivity index (χ0) is 29.7. The Balaban J connectivity index is 0.000000559. The van der Waals surface area contributed by atoms with Crippen molar-refractivity contribution >= 4 is 23.6 Å². The Hall–Kier alpha value is -2.95. The number of hydrogen-bond acceptors (Lipinski definition) is 5. The molecule has 4 N–H and O–H groups in total. The van der Waals surface area contributed by atoms with Gasteiger partial charge >= 0.3 is 12.1 Å². The van der Waals surface area contributed by atoms with Gasteiger partial charge in [-0.25, -0.2) is 4.79 Å². The molecule has 1 saturated carbocycles. The SMILES string of the molecule is CC(C)(N)C(=O)NC(CCC1CCCCC1)C(=O)N1CCC2(CC1)CC(=O)c1ccccc12.O=C(O)C(F)(F)F. The van der Waals surface area contributed by atoms with Crippen LogP contribution < -0.4 is 11.1 Å². The maximum absolute atomic E-state index is 13.6. The van der Waals surface area contributed by atoms with Crippen molar-refractivity contribution in [3.8, 4) is 0 Å². The Kier molecular flexibility index (Phi) is 10.0. The van der Waals surface area contributed by atoms with Crippen molar-refractivity contribution in [2.45, 2.75) is 101 Å². The molecule has 1 spiro atoms. The molecule has 0 radical (unpaired) electrons. The number of aliphatic carboxylic acids is 1. The molecule has 0 aromatic heterocycles. The number of carbonyl (C=O) groups is 4. The van der Waals surface area contributed by atoms with Gasteiger partial charge in [-0.1, -0.05) is 56.4 Å². The third-order valence-electron chi connectivity index (χ3n) is 8.35. The lowest BCUT2D eigenvalue weighted by Gasteiger charge is -2.41. The van der Waals surface area contributed by atoms with E-state index in [0.717, 1.165) is 30.4 Å². The van der Waals surface area contributed by atoms with Gasteiger partial charge in [0.05, 0.1) is 5.54 Å². The quantitative estimate of drug-likeness (QED) is 0.469. The molecule has 1 aromatic carbocycles. The molecule has 1 aliphatic heterocycles. The smallest absolute Gasteiger partial charge is 0.475 e. The van der Waals surface area contributed by atoms with Gasteiger partial charge < -0.3 is 21.1 Å². The van der Waals surface area contributed by atoms with Gasteiger partial charge in [-0.05, 0) is 51.0 Å². The van der Waals surface area contributed by atoms with Gasteiger partial charge in [0, 0.05) is 30.5 Å². The molecular formula is C29H40F3N3O5. The van der Waals surface area contributed by atoms with E-state index in [1.165, 1.54) is 32.1 Å². The molecule has 8 nitrogen and oxygen atoms in total. The van der Waals surface area contributed by atoms with Crippen molar-refractivity contribution in [3.63, 3.8) is 0 Å². The Labute approximate surface area is 232 Å². The highest BCUT2D eigenvalue weighted by Gasteiger charge is 2.46. The summed E-state index contributed by atoms with van der Waals surface area (Å²) >= 11 is 0. The second-order valence-corrected chi connectivity index (χ2v) is 11.9. The van der Waals surface area contributed by atoms with Gasteiger partial charge in [-0.2, -0.15) is 13.2 Å². The number of nitrogens with zero attached hydrogens (tertiary/aromatic N) is 1. The van der Waals surface area contributed by atoms with Crippen molar-refractivity contribution in [3.05, 3.63) is 35.4 Å². The van der Waals surface area contributed by atoms with E-state index >= 15 is 0 Å². The molecule has 11 heteroatoms. The monoisotopic (exact) mass is 567 g/mol. The number of Topliss-reactive ketones (excluding diaryl/α,β-unsaturated/α-hetero) is 1. The zero-order valence-corrected chi connectivity index (χ0v) is 23.2. The standard InChI is InChI=1S/C27H39N3O3.C2HF3O2/c1-26(2,28)25(33)29-22(13-12-19-8-4-3-5-9-19)24(32)30-16-14-27(15-17-30)18-23(31)20-10-6-7-11-21(20)27;3-2(4,5)1(6)7/h6-7,10-11,19,22H,3-5,8-9,12-18,28H2,1-2H3,(H,29,33);(H,6,7). The lowest BCUT2D eigenvalue weighted by Crippen LogP contribution is -2.57. The normalized spacial score (nSPS) is 19.9. The first-order valence-electron chi connectivity index (χ1n) is 14.0. The van der Waals surface area contributed by atoms with E-state index in [4.69, 9.17) is 15.6 Å². The van der Waals surface area contributed by atoms with Gasteiger partial charge in [0.2, 0.25) is 11.8 Å². The molecule has 1 saturated heterocycles. The number of nitrogens with one attached hydrogen (secondary N) is 1. The molecule has 40 heavy (non-hydrogen) atoms. The third kappa shape index (κ3) is 7.83. The number of halogens is 3. The molecule has 4 rings (SSSR count). The highest BCUT2D eigenvalue weighted by Crippen LogP contribution is 2.46. The van der Waals surface area contributed by atoms with Crippen LogP contribution in [0.3, 0.4) is 0 Å². The number of carboxylic acids is 1. The van der Waals surface area contributed by atoms with Crippen molar-refractivity contribution in [1.82, 2.24) is 10.2 Å². The summed E-state index contributed by atoms with van der Waals surface area (Å²) in [6.07, 6.45) is 4.92. The summed E-state index contributed by atoms with van der Waals surface area (Å²) in [5.74, 6) is -2.19. The Bertz CT molecular complexity index is 1090. The second-order valence-electron chi connectivity index (χ2n) is 11.9. The van der Waals surface area contributed by atoms with Crippen molar-refractivity contribution < 1.29 is 37.5 Å². The van der Waals surface area contributed by atoms with E-state index in [-0.39, 0.29) is 23.0 Å². The number of rotatable bonds is 6. The van der Waals surface area contributed by atoms with Crippen LogP contribution in [0.25, 0.3) is 0 Å². The fraction of sp³-hybridized carbons (Fsp3) is 0.655. The number of fused-ring (bicyclic) bond motifs is 2. The first kappa shape index (κ1) is 31.6. The number of hydrogen-bond donors (Lipinski definition) is 3. The molecule has 2 amide bonds. The van der Waals surface area contributed by atoms with Crippen LogP contribution >= 0.6 is 0 Å². The highest BCUT2D eigenvalue weighted by molar-refractivity contribution is 6.02. The minimum absolute atomic E-state index is 0.00383. The van der Waals surface area contributed by atoms with Crippen molar-refractivity contribution in [1.29, 1.82) is 0 Å². The summed E-state index contributed by atoms with van der Waals surface area (Å²) in [5, 5.41) is 10.1. The number of piperidine rings is 1. The molecule has 2 fully saturated rings. The minimum atomic E-state index is -5.08. The summed E-state index contributed by atoms with van der Waals surface area (Å²) in [5.41, 5.74) is 6.83. The Morgan fingerprint density at radius 3 is 2.23 bits per heavy atom. The summed E-state index contributed by atoms with van der Waals surface area (Å²) in [4.78, 5) is 49.6. The van der Waals surface area contributed by atoms with Gasteiger partial charge in [0.25, 0.3) is 0 Å². The fourth-order valence-corrected chi connectivity index (χ4v) is 5.99. The fourth-order valence-electron chi connectivity index (χ4n) is 5.99. The average Bonchev–Trinajstić information content (AvgIpc) is 3.17. The Morgan fingerprint density at radius 2 is 1.68 bits per heavy atom. The molecule has 1 unspecified atom stereocenters. The summed E-state index contributed by atoms with van der Waals surface area (Å²) in [6, 6.07) is 7.40. The highest BCUT2D eigenvalue weighted by atomic mass is 19.4. The van der Waals surface area contributed by atoms with Crippen molar-refractivity contribution in [2.24, 2.45) is 11.7 Å². The van der Waals surface area contributed by atoms with Gasteiger partial charge in [0.1, 0.15) is 6.04 Å². The number of amides is 2. The molecule has 2 aliphatic carbocycles. The summed E-state index contributed by atoms with van der Waals surface area (Å²) in [6.45, 7) is 4.57. The summed E-state index contributed by atoms with van der Waals surface area (Å²) < 4.78 is 31.7. The molecule has 1 atom stereocenters. The minimum Gasteiger partial charge on any atom is -0.475 e. The first-order chi connectivity index (χ1) is 18.6. The lowest BCUT2D eigenvalue weighted by molar-refractivity contribution is -0.192. The number of alkyl halides is 3. The van der Waals surface area contributed by atoms with E-state index in [0.29, 0.717) is 31.8 Å². The molecule has 1 aromatic rings. The predicted octanol–water partition coefficient (Wildman–Crippen LogP) is 4.35. The van der Waals surface area contributed by atoms with Crippen LogP contribution in [0.4, 0.5) is 13.2 Å². The number of carbonyl (C=O) groups excluding carboxylic acids is 3. The van der Waals surface area contributed by atoms with Crippen molar-refractivity contribution in [2.75, 3.05) is 13.1 Å². The maximum atomic E-state index is 13.6. The van der Waals surface area contributed by atoms with E-state index in [1.54, 1.807) is 13.8 Å². The third-order valence-corrected chi connectivity index (χ3v) is 8.35. The average molecular weight is 568 g/mol. The summed E-state index contributed by atoms with van der Waals surface area (Å²) in [7, 11) is 0. The van der Waals surface area contributed by atoms with Crippen LogP contribution in [0.15, 0.2) is 24.3 Å². The van der Waals surface area contributed by atoms with E-state index in [9.17, 15) is 27.6 Å². The molecular weight excluding hydrogens is 527 g/mol. The van der Waals surface area contributed by atoms with Crippen LogP contribution in [0.1, 0.15) is 94.0 Å². The van der Waals surface area contributed by atoms with Gasteiger partial charge in [-0.15, -0.1) is 0 Å². The predicted molar refractivity (Wildman–Crippen MR) is 143 cm³/mol. The van der Waals surface area contributed by atoms with E-state index < -0.39 is 23.7 Å². The van der Waals surface area contributed by atoms with Crippen LogP contribution in [0.5, 0.6) is 0 Å². The van der Waals surface area contributed by atoms with Gasteiger partial charge in [0.15, 0.2) is 5.78 Å². The number of ketones is 1. The Morgan fingerprint density at radius 1 is 1.10 bits per heavy atom. The van der Waals surface area contributed by atoms with Crippen LogP contribution in [-0.4, -0.2) is 64.4 Å². The first-order valence-corrected chi connectivity index (χ1v) is 14.0. The van der Waals surface area contributed by atoms with Crippen LogP contribution in [0, 0.1) is 5.92 Å². The topological polar surface area (TPSA) is 130 Å². The molecule has 222 valence electrons. The van der Waals surface area contributed by atoms with E-state index in [1.807, 2.05) is 23.1 Å².